The van der Waals surface area contributed by atoms with E-state index >= 15 is 4.39 Å². The summed E-state index contributed by atoms with van der Waals surface area (Å²) >= 11 is 0. The van der Waals surface area contributed by atoms with Crippen LogP contribution in [-0.4, -0.2) is 123 Å². The molecular formula is C38H52F2N4O5. The molecule has 2 amide bonds. The van der Waals surface area contributed by atoms with E-state index in [2.05, 4.69) is 16.7 Å². The first-order valence-electron chi connectivity index (χ1n) is 18.0. The highest BCUT2D eigenvalue weighted by Gasteiger charge is 2.57. The first-order chi connectivity index (χ1) is 23.7. The SMILES string of the molecule is CC[C@H]1CN(C(=O)[C@]2(F)CN(C3CCOCC3)C[C@H]2c2ccc(OC)cc2)C[C@@H]1c1ccc(F)cc1N1CCC(C(=O)N(C)CCO)CC1. The predicted molar refractivity (Wildman–Crippen MR) is 184 cm³/mol. The Balaban J connectivity index is 1.23. The third-order valence-corrected chi connectivity index (χ3v) is 11.6. The largest absolute Gasteiger partial charge is 0.497 e. The third kappa shape index (κ3) is 7.30. The van der Waals surface area contributed by atoms with E-state index in [0.717, 1.165) is 36.1 Å². The molecule has 9 nitrogen and oxygen atoms in total. The summed E-state index contributed by atoms with van der Waals surface area (Å²) in [4.78, 5) is 35.1. The maximum Gasteiger partial charge on any atom is 0.262 e. The number of nitrogens with zero attached hydrogens (tertiary/aromatic N) is 4. The molecule has 6 rings (SSSR count). The Morgan fingerprint density at radius 3 is 2.41 bits per heavy atom. The van der Waals surface area contributed by atoms with E-state index in [1.165, 1.54) is 6.07 Å². The van der Waals surface area contributed by atoms with Gasteiger partial charge < -0.3 is 29.3 Å². The van der Waals surface area contributed by atoms with Gasteiger partial charge in [-0.25, -0.2) is 8.78 Å². The van der Waals surface area contributed by atoms with Crippen LogP contribution in [0.5, 0.6) is 5.75 Å². The van der Waals surface area contributed by atoms with E-state index in [0.29, 0.717) is 71.1 Å². The summed E-state index contributed by atoms with van der Waals surface area (Å²) in [6.45, 7) is 6.14. The lowest BCUT2D eigenvalue weighted by atomic mass is 9.85. The van der Waals surface area contributed by atoms with Gasteiger partial charge in [0.15, 0.2) is 0 Å². The van der Waals surface area contributed by atoms with Crippen LogP contribution < -0.4 is 9.64 Å². The van der Waals surface area contributed by atoms with Crippen molar-refractivity contribution in [1.82, 2.24) is 14.7 Å². The van der Waals surface area contributed by atoms with Gasteiger partial charge >= 0.3 is 0 Å². The molecule has 0 bridgehead atoms. The molecule has 4 heterocycles. The number of aliphatic hydroxyl groups is 1. The van der Waals surface area contributed by atoms with Gasteiger partial charge in [-0.1, -0.05) is 31.5 Å². The molecule has 4 atom stereocenters. The Morgan fingerprint density at radius 1 is 1.04 bits per heavy atom. The highest BCUT2D eigenvalue weighted by atomic mass is 19.1. The van der Waals surface area contributed by atoms with Gasteiger partial charge in [0.2, 0.25) is 11.6 Å². The smallest absolute Gasteiger partial charge is 0.262 e. The van der Waals surface area contributed by atoms with Gasteiger partial charge in [0, 0.05) is 95.6 Å². The molecule has 0 saturated carbocycles. The van der Waals surface area contributed by atoms with Gasteiger partial charge in [0.05, 0.1) is 13.7 Å². The number of amides is 2. The van der Waals surface area contributed by atoms with Crippen LogP contribution in [0.3, 0.4) is 0 Å². The second kappa shape index (κ2) is 15.3. The quantitative estimate of drug-likeness (QED) is 0.397. The van der Waals surface area contributed by atoms with Crippen molar-refractivity contribution < 1.29 is 33.0 Å². The molecule has 1 N–H and O–H groups in total. The molecule has 4 fully saturated rings. The molecule has 0 radical (unpaired) electrons. The second-order valence-electron chi connectivity index (χ2n) is 14.4. The standard InChI is InChI=1S/C38H52F2N4O5/c1-4-26-22-43(23-33(26)32-10-7-29(39)21-35(32)42-15-11-28(12-16-42)36(46)41(2)17-18-45)37(47)38(40)25-44(30-13-19-49-20-14-30)24-34(38)27-5-8-31(48-3)9-6-27/h5-10,21,26,28,30,33-34,45H,4,11-20,22-25H2,1-3H3/t26-,33-,34-,38-/m0/s1. The van der Waals surface area contributed by atoms with Gasteiger partial charge in [-0.2, -0.15) is 0 Å². The molecule has 4 aliphatic rings. The number of carbonyl (C=O) groups excluding carboxylic acids is 2. The van der Waals surface area contributed by atoms with Crippen LogP contribution in [0.2, 0.25) is 0 Å². The van der Waals surface area contributed by atoms with E-state index in [1.54, 1.807) is 30.0 Å². The van der Waals surface area contributed by atoms with Gasteiger partial charge in [0.25, 0.3) is 5.91 Å². The highest BCUT2D eigenvalue weighted by Crippen LogP contribution is 2.46. The number of likely N-dealkylation sites (N-methyl/N-ethyl adjacent to an activating group) is 1. The van der Waals surface area contributed by atoms with Gasteiger partial charge in [-0.3, -0.25) is 14.5 Å². The number of ether oxygens (including phenoxy) is 2. The van der Waals surface area contributed by atoms with Crippen LogP contribution in [0.25, 0.3) is 0 Å². The number of methoxy groups -OCH3 is 1. The zero-order valence-electron chi connectivity index (χ0n) is 29.2. The van der Waals surface area contributed by atoms with Gasteiger partial charge in [-0.05, 0) is 67.0 Å². The predicted octanol–water partition coefficient (Wildman–Crippen LogP) is 4.44. The number of rotatable bonds is 10. The molecule has 4 saturated heterocycles. The normalized spacial score (nSPS) is 27.1. The first kappa shape index (κ1) is 35.5. The minimum Gasteiger partial charge on any atom is -0.497 e. The van der Waals surface area contributed by atoms with Gasteiger partial charge in [-0.15, -0.1) is 0 Å². The van der Waals surface area contributed by atoms with E-state index in [-0.39, 0.29) is 48.7 Å². The molecule has 2 aromatic carbocycles. The van der Waals surface area contributed by atoms with Crippen LogP contribution in [0.4, 0.5) is 14.5 Å². The van der Waals surface area contributed by atoms with Crippen molar-refractivity contribution in [3.63, 3.8) is 0 Å². The molecule has 0 unspecified atom stereocenters. The number of hydrogen-bond donors (Lipinski definition) is 1. The Kier molecular flexibility index (Phi) is 11.1. The van der Waals surface area contributed by atoms with Crippen LogP contribution in [-0.2, 0) is 14.3 Å². The molecule has 49 heavy (non-hydrogen) atoms. The fourth-order valence-corrected chi connectivity index (χ4v) is 8.71. The third-order valence-electron chi connectivity index (χ3n) is 11.6. The zero-order valence-corrected chi connectivity index (χ0v) is 29.2. The zero-order chi connectivity index (χ0) is 34.7. The Morgan fingerprint density at radius 2 is 1.76 bits per heavy atom. The molecule has 11 heteroatoms. The van der Waals surface area contributed by atoms with E-state index in [4.69, 9.17) is 9.47 Å². The molecule has 4 aliphatic heterocycles. The Bertz CT molecular complexity index is 1450. The number of alkyl halides is 1. The summed E-state index contributed by atoms with van der Waals surface area (Å²) < 4.78 is 43.5. The summed E-state index contributed by atoms with van der Waals surface area (Å²) in [6, 6.07) is 12.5. The van der Waals surface area contributed by atoms with E-state index < -0.39 is 17.5 Å². The number of benzene rings is 2. The topological polar surface area (TPSA) is 85.8 Å². The van der Waals surface area contributed by atoms with Crippen LogP contribution >= 0.6 is 0 Å². The van der Waals surface area contributed by atoms with Crippen molar-refractivity contribution >= 4 is 17.5 Å². The number of halogens is 2. The number of carbonyl (C=O) groups is 2. The number of aliphatic hydroxyl groups excluding tert-OH is 1. The lowest BCUT2D eigenvalue weighted by Gasteiger charge is -2.36. The van der Waals surface area contributed by atoms with E-state index in [1.807, 2.05) is 30.3 Å². The Labute approximate surface area is 289 Å². The molecule has 268 valence electrons. The van der Waals surface area contributed by atoms with E-state index in [9.17, 15) is 19.1 Å². The van der Waals surface area contributed by atoms with Crippen molar-refractivity contribution in [3.05, 3.63) is 59.4 Å². The maximum atomic E-state index is 17.7. The monoisotopic (exact) mass is 682 g/mol. The lowest BCUT2D eigenvalue weighted by Crippen LogP contribution is -2.50. The summed E-state index contributed by atoms with van der Waals surface area (Å²) in [5.74, 6) is -0.812. The highest BCUT2D eigenvalue weighted by molar-refractivity contribution is 5.88. The van der Waals surface area contributed by atoms with Crippen molar-refractivity contribution in [2.75, 3.05) is 84.7 Å². The molecule has 0 aromatic heterocycles. The average Bonchev–Trinajstić information content (AvgIpc) is 3.73. The molecule has 2 aromatic rings. The van der Waals surface area contributed by atoms with Crippen molar-refractivity contribution in [2.24, 2.45) is 11.8 Å². The molecule has 0 aliphatic carbocycles. The number of anilines is 1. The summed E-state index contributed by atoms with van der Waals surface area (Å²) in [5, 5.41) is 9.26. The van der Waals surface area contributed by atoms with Crippen molar-refractivity contribution in [2.45, 2.75) is 62.6 Å². The fourth-order valence-electron chi connectivity index (χ4n) is 8.71. The minimum atomic E-state index is -2.09. The molecular weight excluding hydrogens is 630 g/mol. The Hall–Kier alpha value is -3.28. The number of piperidine rings is 1. The van der Waals surface area contributed by atoms with Crippen molar-refractivity contribution in [1.29, 1.82) is 0 Å². The summed E-state index contributed by atoms with van der Waals surface area (Å²) in [6.07, 6.45) is 3.72. The molecule has 0 spiro atoms. The summed E-state index contributed by atoms with van der Waals surface area (Å²) in [5.41, 5.74) is 0.466. The van der Waals surface area contributed by atoms with Crippen LogP contribution in [0.1, 0.15) is 62.0 Å². The van der Waals surface area contributed by atoms with Crippen LogP contribution in [0.15, 0.2) is 42.5 Å². The maximum absolute atomic E-state index is 17.7. The lowest BCUT2D eigenvalue weighted by molar-refractivity contribution is -0.143. The van der Waals surface area contributed by atoms with Crippen molar-refractivity contribution in [3.8, 4) is 5.75 Å². The first-order valence-corrected chi connectivity index (χ1v) is 18.0. The number of likely N-dealkylation sites (tertiary alicyclic amines) is 2. The number of hydrogen-bond acceptors (Lipinski definition) is 7. The van der Waals surface area contributed by atoms with Gasteiger partial charge in [0.1, 0.15) is 11.6 Å². The second-order valence-corrected chi connectivity index (χ2v) is 14.4. The minimum absolute atomic E-state index is 0.0274. The fraction of sp³-hybridized carbons (Fsp3) is 0.632. The average molecular weight is 683 g/mol. The summed E-state index contributed by atoms with van der Waals surface area (Å²) in [7, 11) is 3.31. The van der Waals surface area contributed by atoms with Crippen LogP contribution in [0, 0.1) is 17.7 Å².